The van der Waals surface area contributed by atoms with Crippen LogP contribution in [0.2, 0.25) is 0 Å². The third-order valence-electron chi connectivity index (χ3n) is 3.31. The minimum Gasteiger partial charge on any atom is -0.310 e. The maximum atomic E-state index is 3.59. The summed E-state index contributed by atoms with van der Waals surface area (Å²) >= 11 is 0. The van der Waals surface area contributed by atoms with Crippen LogP contribution in [0.15, 0.2) is 30.3 Å². The van der Waals surface area contributed by atoms with Gasteiger partial charge in [0.2, 0.25) is 0 Å². The van der Waals surface area contributed by atoms with Crippen molar-refractivity contribution in [2.75, 3.05) is 20.6 Å². The summed E-state index contributed by atoms with van der Waals surface area (Å²) < 4.78 is 0. The molecule has 1 aliphatic heterocycles. The van der Waals surface area contributed by atoms with E-state index in [4.69, 9.17) is 0 Å². The molecule has 1 aromatic carbocycles. The summed E-state index contributed by atoms with van der Waals surface area (Å²) in [5, 5.41) is 3.59. The third-order valence-corrected chi connectivity index (χ3v) is 3.31. The highest BCUT2D eigenvalue weighted by atomic mass is 15.1. The number of hydrogen-bond donors (Lipinski definition) is 1. The first-order chi connectivity index (χ1) is 7.27. The molecule has 2 rings (SSSR count). The van der Waals surface area contributed by atoms with Gasteiger partial charge in [-0.2, -0.15) is 0 Å². The lowest BCUT2D eigenvalue weighted by Crippen LogP contribution is -2.41. The van der Waals surface area contributed by atoms with E-state index in [0.717, 1.165) is 12.6 Å². The molecule has 0 saturated carbocycles. The predicted octanol–water partition coefficient (Wildman–Crippen LogP) is 2.04. The normalized spacial score (nSPS) is 26.9. The van der Waals surface area contributed by atoms with Gasteiger partial charge in [-0.15, -0.1) is 0 Å². The average Bonchev–Trinajstić information content (AvgIpc) is 2.30. The van der Waals surface area contributed by atoms with E-state index in [-0.39, 0.29) is 0 Å². The molecule has 0 spiro atoms. The zero-order chi connectivity index (χ0) is 10.7. The Bertz CT molecular complexity index is 295. The number of piperidine rings is 1. The summed E-state index contributed by atoms with van der Waals surface area (Å²) in [7, 11) is 4.36. The minimum absolute atomic E-state index is 0.535. The van der Waals surface area contributed by atoms with E-state index in [1.54, 1.807) is 0 Å². The summed E-state index contributed by atoms with van der Waals surface area (Å²) in [4.78, 5) is 2.34. The fourth-order valence-corrected chi connectivity index (χ4v) is 2.31. The lowest BCUT2D eigenvalue weighted by atomic mass is 9.93. The molecule has 82 valence electrons. The Hall–Kier alpha value is -0.860. The molecular formula is C13H20N2. The Labute approximate surface area is 92.3 Å². The molecule has 2 unspecified atom stereocenters. The molecule has 2 atom stereocenters. The Morgan fingerprint density at radius 3 is 2.60 bits per heavy atom. The van der Waals surface area contributed by atoms with Gasteiger partial charge in [0.1, 0.15) is 0 Å². The van der Waals surface area contributed by atoms with Crippen LogP contribution >= 0.6 is 0 Å². The molecule has 1 saturated heterocycles. The molecular weight excluding hydrogens is 184 g/mol. The zero-order valence-corrected chi connectivity index (χ0v) is 9.61. The lowest BCUT2D eigenvalue weighted by molar-refractivity contribution is 0.207. The monoisotopic (exact) mass is 204 g/mol. The molecule has 0 amide bonds. The fourth-order valence-electron chi connectivity index (χ4n) is 2.31. The minimum atomic E-state index is 0.535. The average molecular weight is 204 g/mol. The van der Waals surface area contributed by atoms with Gasteiger partial charge in [-0.3, -0.25) is 0 Å². The van der Waals surface area contributed by atoms with E-state index >= 15 is 0 Å². The molecule has 2 nitrogen and oxygen atoms in total. The Balaban J connectivity index is 2.05. The number of hydrogen-bond acceptors (Lipinski definition) is 2. The Kier molecular flexibility index (Phi) is 3.39. The van der Waals surface area contributed by atoms with Crippen molar-refractivity contribution >= 4 is 0 Å². The third kappa shape index (κ3) is 2.58. The summed E-state index contributed by atoms with van der Waals surface area (Å²) in [5.74, 6) is 0. The number of nitrogens with zero attached hydrogens (tertiary/aromatic N) is 1. The van der Waals surface area contributed by atoms with Crippen LogP contribution in [0.1, 0.15) is 24.4 Å². The van der Waals surface area contributed by atoms with E-state index in [0.29, 0.717) is 6.04 Å². The number of rotatable bonds is 2. The highest BCUT2D eigenvalue weighted by Crippen LogP contribution is 2.24. The second-order valence-corrected chi connectivity index (χ2v) is 4.56. The maximum absolute atomic E-state index is 3.59. The SMILES string of the molecule is CN(C)C1CCNC(c2ccccc2)C1. The number of nitrogens with one attached hydrogen (secondary N) is 1. The molecule has 1 N–H and O–H groups in total. The van der Waals surface area contributed by atoms with Crippen molar-refractivity contribution in [1.29, 1.82) is 0 Å². The van der Waals surface area contributed by atoms with E-state index in [2.05, 4.69) is 54.6 Å². The van der Waals surface area contributed by atoms with Crippen LogP contribution < -0.4 is 5.32 Å². The summed E-state index contributed by atoms with van der Waals surface area (Å²) in [6.45, 7) is 1.13. The first kappa shape index (κ1) is 10.7. The zero-order valence-electron chi connectivity index (χ0n) is 9.61. The van der Waals surface area contributed by atoms with Gasteiger partial charge in [0.05, 0.1) is 0 Å². The van der Waals surface area contributed by atoms with Gasteiger partial charge in [-0.05, 0) is 39.0 Å². The van der Waals surface area contributed by atoms with Crippen molar-refractivity contribution in [2.24, 2.45) is 0 Å². The van der Waals surface area contributed by atoms with E-state index in [1.165, 1.54) is 18.4 Å². The van der Waals surface area contributed by atoms with Crippen LogP contribution in [-0.4, -0.2) is 31.6 Å². The van der Waals surface area contributed by atoms with Crippen molar-refractivity contribution in [3.05, 3.63) is 35.9 Å². The predicted molar refractivity (Wildman–Crippen MR) is 63.9 cm³/mol. The van der Waals surface area contributed by atoms with E-state index < -0.39 is 0 Å². The Morgan fingerprint density at radius 2 is 1.93 bits per heavy atom. The van der Waals surface area contributed by atoms with Gasteiger partial charge in [0.25, 0.3) is 0 Å². The molecule has 0 aromatic heterocycles. The van der Waals surface area contributed by atoms with Gasteiger partial charge in [0.15, 0.2) is 0 Å². The largest absolute Gasteiger partial charge is 0.310 e. The lowest BCUT2D eigenvalue weighted by Gasteiger charge is -2.34. The second-order valence-electron chi connectivity index (χ2n) is 4.56. The van der Waals surface area contributed by atoms with Crippen molar-refractivity contribution in [3.8, 4) is 0 Å². The van der Waals surface area contributed by atoms with E-state index in [1.807, 2.05) is 0 Å². The molecule has 1 aliphatic rings. The molecule has 0 aliphatic carbocycles. The van der Waals surface area contributed by atoms with Gasteiger partial charge < -0.3 is 10.2 Å². The quantitative estimate of drug-likeness (QED) is 0.793. The topological polar surface area (TPSA) is 15.3 Å². The van der Waals surface area contributed by atoms with Crippen molar-refractivity contribution in [1.82, 2.24) is 10.2 Å². The molecule has 1 fully saturated rings. The van der Waals surface area contributed by atoms with Gasteiger partial charge in [-0.1, -0.05) is 30.3 Å². The molecule has 1 heterocycles. The van der Waals surface area contributed by atoms with Gasteiger partial charge in [0, 0.05) is 12.1 Å². The van der Waals surface area contributed by atoms with Crippen LogP contribution in [0.4, 0.5) is 0 Å². The molecule has 1 aromatic rings. The first-order valence-electron chi connectivity index (χ1n) is 5.72. The molecule has 2 heteroatoms. The maximum Gasteiger partial charge on any atom is 0.0335 e. The highest BCUT2D eigenvalue weighted by Gasteiger charge is 2.23. The van der Waals surface area contributed by atoms with Crippen LogP contribution in [0.25, 0.3) is 0 Å². The standard InChI is InChI=1S/C13H20N2/c1-15(2)12-8-9-14-13(10-12)11-6-4-3-5-7-11/h3-7,12-14H,8-10H2,1-2H3. The summed E-state index contributed by atoms with van der Waals surface area (Å²) in [6.07, 6.45) is 2.48. The van der Waals surface area contributed by atoms with Crippen LogP contribution in [0.3, 0.4) is 0 Å². The molecule has 15 heavy (non-hydrogen) atoms. The van der Waals surface area contributed by atoms with E-state index in [9.17, 15) is 0 Å². The summed E-state index contributed by atoms with van der Waals surface area (Å²) in [6, 6.07) is 12.0. The van der Waals surface area contributed by atoms with Crippen molar-refractivity contribution < 1.29 is 0 Å². The molecule has 0 radical (unpaired) electrons. The van der Waals surface area contributed by atoms with Crippen molar-refractivity contribution in [3.63, 3.8) is 0 Å². The second kappa shape index (κ2) is 4.77. The van der Waals surface area contributed by atoms with Crippen LogP contribution in [-0.2, 0) is 0 Å². The summed E-state index contributed by atoms with van der Waals surface area (Å²) in [5.41, 5.74) is 1.42. The van der Waals surface area contributed by atoms with Crippen molar-refractivity contribution in [2.45, 2.75) is 24.9 Å². The van der Waals surface area contributed by atoms with Crippen LogP contribution in [0.5, 0.6) is 0 Å². The fraction of sp³-hybridized carbons (Fsp3) is 0.538. The first-order valence-corrected chi connectivity index (χ1v) is 5.72. The molecule has 0 bridgehead atoms. The van der Waals surface area contributed by atoms with Gasteiger partial charge in [-0.25, -0.2) is 0 Å². The smallest absolute Gasteiger partial charge is 0.0335 e. The number of benzene rings is 1. The van der Waals surface area contributed by atoms with Gasteiger partial charge >= 0.3 is 0 Å². The highest BCUT2D eigenvalue weighted by molar-refractivity contribution is 5.19. The Morgan fingerprint density at radius 1 is 1.20 bits per heavy atom. The van der Waals surface area contributed by atoms with Crippen LogP contribution in [0, 0.1) is 0 Å².